The molecule has 1 aromatic carbocycles. The minimum atomic E-state index is -0.363. The van der Waals surface area contributed by atoms with E-state index < -0.39 is 0 Å². The van der Waals surface area contributed by atoms with Gasteiger partial charge in [-0.15, -0.1) is 0 Å². The van der Waals surface area contributed by atoms with Crippen LogP contribution < -0.4 is 5.56 Å². The van der Waals surface area contributed by atoms with Crippen LogP contribution in [0.25, 0.3) is 0 Å². The maximum Gasteiger partial charge on any atom is 0.255 e. The number of hydrogen-bond acceptors (Lipinski definition) is 2. The number of hydrogen-bond donors (Lipinski definition) is 0. The van der Waals surface area contributed by atoms with Gasteiger partial charge < -0.3 is 0 Å². The first-order valence-corrected chi connectivity index (χ1v) is 5.90. The lowest BCUT2D eigenvalue weighted by Crippen LogP contribution is -2.20. The van der Waals surface area contributed by atoms with Crippen molar-refractivity contribution in [3.63, 3.8) is 0 Å². The van der Waals surface area contributed by atoms with Crippen LogP contribution in [0.1, 0.15) is 5.56 Å². The molecule has 0 aliphatic rings. The zero-order valence-corrected chi connectivity index (χ0v) is 10.9. The highest BCUT2D eigenvalue weighted by Crippen LogP contribution is 2.20. The Kier molecular flexibility index (Phi) is 3.59. The lowest BCUT2D eigenvalue weighted by atomic mass is 10.2. The predicted molar refractivity (Wildman–Crippen MR) is 66.7 cm³/mol. The highest BCUT2D eigenvalue weighted by atomic mass is 79.9. The minimum Gasteiger partial charge on any atom is -0.295 e. The van der Waals surface area contributed by atoms with Crippen LogP contribution in [-0.4, -0.2) is 9.55 Å². The molecule has 0 unspecified atom stereocenters. The van der Waals surface area contributed by atoms with Crippen molar-refractivity contribution < 1.29 is 4.39 Å². The van der Waals surface area contributed by atoms with E-state index in [1.54, 1.807) is 12.1 Å². The first-order valence-electron chi connectivity index (χ1n) is 4.73. The van der Waals surface area contributed by atoms with Crippen molar-refractivity contribution in [1.29, 1.82) is 0 Å². The van der Waals surface area contributed by atoms with Crippen molar-refractivity contribution in [3.05, 3.63) is 62.0 Å². The molecule has 1 heterocycles. The standard InChI is InChI=1S/C11H7BrClFN2O/c12-11-7(2-1-3-8(11)14)5-16-6-15-9(13)4-10(16)17/h1-4,6H,5H2. The van der Waals surface area contributed by atoms with Crippen LogP contribution in [0.4, 0.5) is 4.39 Å². The Bertz CT molecular complexity index is 615. The van der Waals surface area contributed by atoms with E-state index in [1.807, 2.05) is 0 Å². The summed E-state index contributed by atoms with van der Waals surface area (Å²) in [6.07, 6.45) is 1.34. The Morgan fingerprint density at radius 1 is 1.47 bits per heavy atom. The minimum absolute atomic E-state index is 0.143. The third kappa shape index (κ3) is 2.73. The Hall–Kier alpha value is -1.20. The molecule has 0 amide bonds. The fourth-order valence-corrected chi connectivity index (χ4v) is 1.90. The summed E-state index contributed by atoms with van der Waals surface area (Å²) in [5.74, 6) is -0.363. The molecule has 3 nitrogen and oxygen atoms in total. The molecule has 17 heavy (non-hydrogen) atoms. The maximum atomic E-state index is 13.3. The molecule has 0 spiro atoms. The van der Waals surface area contributed by atoms with Gasteiger partial charge >= 0.3 is 0 Å². The van der Waals surface area contributed by atoms with E-state index in [2.05, 4.69) is 20.9 Å². The van der Waals surface area contributed by atoms with Gasteiger partial charge in [-0.1, -0.05) is 23.7 Å². The summed E-state index contributed by atoms with van der Waals surface area (Å²) in [4.78, 5) is 15.4. The van der Waals surface area contributed by atoms with Gasteiger partial charge in [-0.05, 0) is 27.6 Å². The monoisotopic (exact) mass is 316 g/mol. The highest BCUT2D eigenvalue weighted by Gasteiger charge is 2.06. The maximum absolute atomic E-state index is 13.3. The summed E-state index contributed by atoms with van der Waals surface area (Å²) in [5, 5.41) is 0.143. The molecule has 0 bridgehead atoms. The fourth-order valence-electron chi connectivity index (χ4n) is 1.38. The summed E-state index contributed by atoms with van der Waals surface area (Å²) in [6, 6.07) is 5.88. The van der Waals surface area contributed by atoms with E-state index >= 15 is 0 Å². The summed E-state index contributed by atoms with van der Waals surface area (Å²) in [5.41, 5.74) is 0.386. The van der Waals surface area contributed by atoms with Gasteiger partial charge in [0.05, 0.1) is 17.3 Å². The second-order valence-electron chi connectivity index (χ2n) is 3.39. The van der Waals surface area contributed by atoms with Gasteiger partial charge in [0.25, 0.3) is 5.56 Å². The van der Waals surface area contributed by atoms with Gasteiger partial charge in [0.15, 0.2) is 0 Å². The van der Waals surface area contributed by atoms with Gasteiger partial charge in [0.2, 0.25) is 0 Å². The number of halogens is 3. The van der Waals surface area contributed by atoms with Crippen molar-refractivity contribution in [2.45, 2.75) is 6.54 Å². The number of benzene rings is 1. The molecular weight excluding hydrogens is 310 g/mol. The molecule has 0 radical (unpaired) electrons. The van der Waals surface area contributed by atoms with Crippen LogP contribution in [0, 0.1) is 5.82 Å². The number of aromatic nitrogens is 2. The molecule has 0 atom stereocenters. The molecule has 0 aliphatic heterocycles. The molecule has 6 heteroatoms. The van der Waals surface area contributed by atoms with Gasteiger partial charge in [0.1, 0.15) is 11.0 Å². The first kappa shape index (κ1) is 12.3. The van der Waals surface area contributed by atoms with Crippen molar-refractivity contribution in [2.75, 3.05) is 0 Å². The molecule has 2 rings (SSSR count). The smallest absolute Gasteiger partial charge is 0.255 e. The van der Waals surface area contributed by atoms with E-state index in [-0.39, 0.29) is 23.1 Å². The van der Waals surface area contributed by atoms with Crippen LogP contribution in [0.15, 0.2) is 39.9 Å². The average Bonchev–Trinajstić information content (AvgIpc) is 2.28. The normalized spacial score (nSPS) is 10.5. The lowest BCUT2D eigenvalue weighted by molar-refractivity contribution is 0.614. The van der Waals surface area contributed by atoms with Crippen molar-refractivity contribution in [1.82, 2.24) is 9.55 Å². The van der Waals surface area contributed by atoms with E-state index in [0.29, 0.717) is 10.0 Å². The molecule has 88 valence electrons. The highest BCUT2D eigenvalue weighted by molar-refractivity contribution is 9.10. The van der Waals surface area contributed by atoms with E-state index in [9.17, 15) is 9.18 Å². The fraction of sp³-hybridized carbons (Fsp3) is 0.0909. The van der Waals surface area contributed by atoms with Gasteiger partial charge in [0, 0.05) is 6.07 Å². The van der Waals surface area contributed by atoms with Gasteiger partial charge in [-0.3, -0.25) is 9.36 Å². The largest absolute Gasteiger partial charge is 0.295 e. The van der Waals surface area contributed by atoms with Crippen LogP contribution in [-0.2, 0) is 6.54 Å². The Morgan fingerprint density at radius 2 is 2.24 bits per heavy atom. The third-order valence-electron chi connectivity index (χ3n) is 2.22. The molecular formula is C11H7BrClFN2O. The SMILES string of the molecule is O=c1cc(Cl)ncn1Cc1cccc(F)c1Br. The van der Waals surface area contributed by atoms with Crippen molar-refractivity contribution in [2.24, 2.45) is 0 Å². The van der Waals surface area contributed by atoms with Gasteiger partial charge in [-0.2, -0.15) is 0 Å². The summed E-state index contributed by atoms with van der Waals surface area (Å²) in [6.45, 7) is 0.237. The molecule has 2 aromatic rings. The van der Waals surface area contributed by atoms with Crippen LogP contribution in [0.3, 0.4) is 0 Å². The Balaban J connectivity index is 2.38. The molecule has 0 aliphatic carbocycles. The predicted octanol–water partition coefficient (Wildman–Crippen LogP) is 2.85. The average molecular weight is 318 g/mol. The second kappa shape index (κ2) is 4.98. The van der Waals surface area contributed by atoms with E-state index in [0.717, 1.165) is 0 Å². The van der Waals surface area contributed by atoms with E-state index in [4.69, 9.17) is 11.6 Å². The molecule has 0 saturated heterocycles. The van der Waals surface area contributed by atoms with Crippen LogP contribution >= 0.6 is 27.5 Å². The Morgan fingerprint density at radius 3 is 2.94 bits per heavy atom. The zero-order chi connectivity index (χ0) is 12.4. The molecule has 0 N–H and O–H groups in total. The molecule has 1 aromatic heterocycles. The second-order valence-corrected chi connectivity index (χ2v) is 4.57. The summed E-state index contributed by atoms with van der Waals surface area (Å²) < 4.78 is 15.0. The van der Waals surface area contributed by atoms with Crippen molar-refractivity contribution >= 4 is 27.5 Å². The van der Waals surface area contributed by atoms with Crippen molar-refractivity contribution in [3.8, 4) is 0 Å². The molecule has 0 saturated carbocycles. The first-order chi connectivity index (χ1) is 8.08. The summed E-state index contributed by atoms with van der Waals surface area (Å²) in [7, 11) is 0. The molecule has 0 fully saturated rings. The van der Waals surface area contributed by atoms with Crippen LogP contribution in [0.2, 0.25) is 5.15 Å². The zero-order valence-electron chi connectivity index (χ0n) is 8.53. The third-order valence-corrected chi connectivity index (χ3v) is 3.31. The number of nitrogens with zero attached hydrogens (tertiary/aromatic N) is 2. The van der Waals surface area contributed by atoms with Crippen LogP contribution in [0.5, 0.6) is 0 Å². The number of rotatable bonds is 2. The summed E-state index contributed by atoms with van der Waals surface area (Å²) >= 11 is 8.72. The van der Waals surface area contributed by atoms with E-state index in [1.165, 1.54) is 23.0 Å². The Labute approximate surface area is 110 Å². The van der Waals surface area contributed by atoms with Gasteiger partial charge in [-0.25, -0.2) is 9.37 Å². The quantitative estimate of drug-likeness (QED) is 0.798. The lowest BCUT2D eigenvalue weighted by Gasteiger charge is -2.07. The topological polar surface area (TPSA) is 34.9 Å².